The first-order valence-corrected chi connectivity index (χ1v) is 4.72. The van der Waals surface area contributed by atoms with Gasteiger partial charge in [0, 0.05) is 5.92 Å². The van der Waals surface area contributed by atoms with E-state index >= 15 is 0 Å². The van der Waals surface area contributed by atoms with Crippen molar-refractivity contribution in [1.82, 2.24) is 0 Å². The van der Waals surface area contributed by atoms with E-state index in [9.17, 15) is 5.21 Å². The van der Waals surface area contributed by atoms with Crippen LogP contribution in [0.2, 0.25) is 0 Å². The number of ether oxygens (including phenoxy) is 1. The van der Waals surface area contributed by atoms with Crippen molar-refractivity contribution in [3.05, 3.63) is 5.21 Å². The molecule has 1 heterocycles. The first-order valence-electron chi connectivity index (χ1n) is 4.72. The van der Waals surface area contributed by atoms with Crippen LogP contribution in [0.1, 0.15) is 20.8 Å². The van der Waals surface area contributed by atoms with E-state index < -0.39 is 0 Å². The number of hydrogen-bond acceptors (Lipinski definition) is 2. The van der Waals surface area contributed by atoms with Gasteiger partial charge in [-0.25, -0.2) is 0 Å². The minimum Gasteiger partial charge on any atom is -0.632 e. The number of rotatable bonds is 2. The summed E-state index contributed by atoms with van der Waals surface area (Å²) in [7, 11) is 0. The maximum atomic E-state index is 12.1. The van der Waals surface area contributed by atoms with Crippen molar-refractivity contribution in [3.8, 4) is 0 Å². The van der Waals surface area contributed by atoms with Crippen molar-refractivity contribution in [2.45, 2.75) is 26.8 Å². The van der Waals surface area contributed by atoms with Gasteiger partial charge in [0.25, 0.3) is 0 Å². The fourth-order valence-corrected chi connectivity index (χ4v) is 1.60. The van der Waals surface area contributed by atoms with Gasteiger partial charge in [0.05, 0.1) is 19.3 Å². The third kappa shape index (κ3) is 1.97. The molecule has 3 heteroatoms. The number of hydroxylamine groups is 3. The van der Waals surface area contributed by atoms with Crippen LogP contribution in [0.4, 0.5) is 0 Å². The van der Waals surface area contributed by atoms with E-state index in [1.807, 2.05) is 6.92 Å². The molecule has 1 fully saturated rings. The molecule has 0 aromatic heterocycles. The van der Waals surface area contributed by atoms with Crippen molar-refractivity contribution in [2.24, 2.45) is 5.92 Å². The molecule has 72 valence electrons. The molecule has 1 saturated heterocycles. The fourth-order valence-electron chi connectivity index (χ4n) is 1.60. The molecule has 0 bridgehead atoms. The van der Waals surface area contributed by atoms with Gasteiger partial charge in [-0.3, -0.25) is 0 Å². The predicted molar refractivity (Wildman–Crippen MR) is 48.5 cm³/mol. The summed E-state index contributed by atoms with van der Waals surface area (Å²) in [4.78, 5) is 0. The van der Waals surface area contributed by atoms with Crippen LogP contribution >= 0.6 is 0 Å². The first-order chi connectivity index (χ1) is 5.56. The Morgan fingerprint density at radius 3 is 2.08 bits per heavy atom. The molecule has 0 saturated carbocycles. The Morgan fingerprint density at radius 1 is 1.17 bits per heavy atom. The predicted octanol–water partition coefficient (Wildman–Crippen LogP) is 1.38. The second-order valence-corrected chi connectivity index (χ2v) is 4.00. The third-order valence-corrected chi connectivity index (χ3v) is 2.94. The second-order valence-electron chi connectivity index (χ2n) is 4.00. The van der Waals surface area contributed by atoms with Gasteiger partial charge in [0.15, 0.2) is 0 Å². The molecule has 0 aromatic carbocycles. The summed E-state index contributed by atoms with van der Waals surface area (Å²) in [5.74, 6) is 0.459. The van der Waals surface area contributed by atoms with Crippen molar-refractivity contribution in [1.29, 1.82) is 0 Å². The Balaban J connectivity index is 2.56. The van der Waals surface area contributed by atoms with Crippen LogP contribution < -0.4 is 0 Å². The van der Waals surface area contributed by atoms with Crippen molar-refractivity contribution >= 4 is 0 Å². The van der Waals surface area contributed by atoms with Gasteiger partial charge in [-0.2, -0.15) is 0 Å². The van der Waals surface area contributed by atoms with Crippen LogP contribution in [-0.2, 0) is 4.74 Å². The lowest BCUT2D eigenvalue weighted by Gasteiger charge is -2.51. The van der Waals surface area contributed by atoms with Crippen LogP contribution in [0, 0.1) is 11.1 Å². The number of morpholine rings is 1. The summed E-state index contributed by atoms with van der Waals surface area (Å²) in [6.45, 7) is 8.76. The van der Waals surface area contributed by atoms with Crippen molar-refractivity contribution < 1.29 is 9.38 Å². The van der Waals surface area contributed by atoms with E-state index in [-0.39, 0.29) is 10.7 Å². The monoisotopic (exact) mass is 173 g/mol. The maximum Gasteiger partial charge on any atom is 0.102 e. The van der Waals surface area contributed by atoms with E-state index in [4.69, 9.17) is 4.74 Å². The molecule has 0 aliphatic carbocycles. The van der Waals surface area contributed by atoms with Crippen molar-refractivity contribution in [3.63, 3.8) is 0 Å². The molecule has 12 heavy (non-hydrogen) atoms. The fraction of sp³-hybridized carbons (Fsp3) is 1.00. The quantitative estimate of drug-likeness (QED) is 0.466. The average Bonchev–Trinajstić information content (AvgIpc) is 2.04. The van der Waals surface area contributed by atoms with E-state index in [1.54, 1.807) is 0 Å². The Labute approximate surface area is 74.5 Å². The zero-order valence-corrected chi connectivity index (χ0v) is 8.25. The van der Waals surface area contributed by atoms with Gasteiger partial charge in [0.1, 0.15) is 13.1 Å². The lowest BCUT2D eigenvalue weighted by atomic mass is 10.0. The molecule has 3 nitrogen and oxygen atoms in total. The highest BCUT2D eigenvalue weighted by atomic mass is 16.6. The highest BCUT2D eigenvalue weighted by molar-refractivity contribution is 4.62. The number of hydrogen-bond donors (Lipinski definition) is 0. The summed E-state index contributed by atoms with van der Waals surface area (Å²) in [6, 6.07) is 0.203. The average molecular weight is 173 g/mol. The highest BCUT2D eigenvalue weighted by Crippen LogP contribution is 2.20. The molecule has 0 spiro atoms. The van der Waals surface area contributed by atoms with Gasteiger partial charge in [-0.1, -0.05) is 13.8 Å². The van der Waals surface area contributed by atoms with Crippen LogP contribution in [-0.4, -0.2) is 37.0 Å². The molecule has 1 aliphatic heterocycles. The maximum absolute atomic E-state index is 12.1. The Hall–Kier alpha value is -0.120. The Kier molecular flexibility index (Phi) is 3.09. The van der Waals surface area contributed by atoms with Gasteiger partial charge in [-0.15, -0.1) is 0 Å². The zero-order valence-electron chi connectivity index (χ0n) is 8.25. The van der Waals surface area contributed by atoms with Gasteiger partial charge < -0.3 is 14.6 Å². The van der Waals surface area contributed by atoms with Crippen LogP contribution in [0.25, 0.3) is 0 Å². The van der Waals surface area contributed by atoms with Crippen LogP contribution in [0.15, 0.2) is 0 Å². The Bertz CT molecular complexity index is 141. The van der Waals surface area contributed by atoms with Crippen LogP contribution in [0.5, 0.6) is 0 Å². The lowest BCUT2D eigenvalue weighted by molar-refractivity contribution is -0.914. The standard InChI is InChI=1S/C9H19NO2/c1-8(2)9(3)10(11)4-6-12-7-5-10/h8-9H,4-7H2,1-3H3. The van der Waals surface area contributed by atoms with Crippen LogP contribution in [0.3, 0.4) is 0 Å². The molecule has 0 N–H and O–H groups in total. The summed E-state index contributed by atoms with van der Waals surface area (Å²) >= 11 is 0. The normalized spacial score (nSPS) is 25.8. The molecular weight excluding hydrogens is 154 g/mol. The second kappa shape index (κ2) is 3.73. The van der Waals surface area contributed by atoms with Crippen molar-refractivity contribution in [2.75, 3.05) is 26.3 Å². The molecule has 0 amide bonds. The Morgan fingerprint density at radius 2 is 1.67 bits per heavy atom. The molecule has 1 aliphatic rings. The minimum atomic E-state index is -0.0579. The molecular formula is C9H19NO2. The summed E-state index contributed by atoms with van der Waals surface area (Å²) < 4.78 is 5.12. The largest absolute Gasteiger partial charge is 0.632 e. The first kappa shape index (κ1) is 9.96. The molecule has 0 aromatic rings. The molecule has 1 unspecified atom stereocenters. The van der Waals surface area contributed by atoms with E-state index in [1.165, 1.54) is 0 Å². The zero-order chi connectivity index (χ0) is 9.19. The van der Waals surface area contributed by atoms with E-state index in [0.717, 1.165) is 0 Å². The summed E-state index contributed by atoms with van der Waals surface area (Å²) in [6.07, 6.45) is 0. The lowest BCUT2D eigenvalue weighted by Crippen LogP contribution is -2.57. The summed E-state index contributed by atoms with van der Waals surface area (Å²) in [5, 5.41) is 12.1. The molecule has 1 rings (SSSR count). The van der Waals surface area contributed by atoms with Gasteiger partial charge >= 0.3 is 0 Å². The minimum absolute atomic E-state index is 0.0579. The number of nitrogens with zero attached hydrogens (tertiary/aromatic N) is 1. The van der Waals surface area contributed by atoms with E-state index in [0.29, 0.717) is 32.2 Å². The molecule has 1 atom stereocenters. The SMILES string of the molecule is CC(C)C(C)[N+]1([O-])CCOCC1. The highest BCUT2D eigenvalue weighted by Gasteiger charge is 2.29. The topological polar surface area (TPSA) is 32.3 Å². The summed E-state index contributed by atoms with van der Waals surface area (Å²) in [5.41, 5.74) is 0. The van der Waals surface area contributed by atoms with E-state index in [2.05, 4.69) is 13.8 Å². The smallest absolute Gasteiger partial charge is 0.102 e. The third-order valence-electron chi connectivity index (χ3n) is 2.94. The van der Waals surface area contributed by atoms with Gasteiger partial charge in [0.2, 0.25) is 0 Å². The number of quaternary nitrogens is 1. The molecule has 0 radical (unpaired) electrons. The van der Waals surface area contributed by atoms with Gasteiger partial charge in [-0.05, 0) is 6.92 Å².